The molecule has 0 saturated heterocycles. The number of pyridine rings is 2. The van der Waals surface area contributed by atoms with Gasteiger partial charge in [0.15, 0.2) is 0 Å². The van der Waals surface area contributed by atoms with E-state index in [2.05, 4.69) is 9.97 Å². The molecule has 0 fully saturated rings. The third-order valence-corrected chi connectivity index (χ3v) is 2.68. The summed E-state index contributed by atoms with van der Waals surface area (Å²) in [4.78, 5) is 29.8. The van der Waals surface area contributed by atoms with E-state index in [1.165, 1.54) is 12.1 Å². The quantitative estimate of drug-likeness (QED) is 0.887. The molecule has 0 radical (unpaired) electrons. The molecule has 0 atom stereocenters. The Hall–Kier alpha value is -2.76. The Morgan fingerprint density at radius 3 is 1.45 bits per heavy atom. The Bertz CT molecular complexity index is 649. The molecule has 6 nitrogen and oxygen atoms in total. The Kier molecular flexibility index (Phi) is 3.47. The maximum atomic E-state index is 11.0. The van der Waals surface area contributed by atoms with Gasteiger partial charge in [-0.15, -0.1) is 0 Å². The van der Waals surface area contributed by atoms with E-state index in [1.54, 1.807) is 26.0 Å². The highest BCUT2D eigenvalue weighted by Gasteiger charge is 2.12. The summed E-state index contributed by atoms with van der Waals surface area (Å²) in [7, 11) is 0. The predicted molar refractivity (Wildman–Crippen MR) is 70.9 cm³/mol. The fraction of sp³-hybridized carbons (Fsp3) is 0.143. The van der Waals surface area contributed by atoms with Crippen LogP contribution in [0.25, 0.3) is 11.1 Å². The summed E-state index contributed by atoms with van der Waals surface area (Å²) in [6.45, 7) is 3.37. The molecular weight excluding hydrogens is 260 g/mol. The molecule has 0 aliphatic heterocycles. The molecule has 0 aliphatic carbocycles. The summed E-state index contributed by atoms with van der Waals surface area (Å²) in [5.74, 6) is -2.25. The summed E-state index contributed by atoms with van der Waals surface area (Å²) in [6, 6.07) is 6.23. The molecular formula is C14H12N2O4. The molecule has 0 amide bonds. The molecule has 6 heteroatoms. The van der Waals surface area contributed by atoms with Crippen LogP contribution < -0.4 is 0 Å². The monoisotopic (exact) mass is 272 g/mol. The maximum Gasteiger partial charge on any atom is 0.354 e. The van der Waals surface area contributed by atoms with E-state index in [1.807, 2.05) is 0 Å². The average Bonchev–Trinajstić information content (AvgIpc) is 2.37. The van der Waals surface area contributed by atoms with Crippen LogP contribution >= 0.6 is 0 Å². The lowest BCUT2D eigenvalue weighted by Crippen LogP contribution is -2.04. The molecule has 2 rings (SSSR count). The van der Waals surface area contributed by atoms with Gasteiger partial charge >= 0.3 is 11.9 Å². The minimum atomic E-state index is -1.13. The van der Waals surface area contributed by atoms with E-state index in [-0.39, 0.29) is 11.4 Å². The average molecular weight is 272 g/mol. The molecule has 2 aromatic heterocycles. The van der Waals surface area contributed by atoms with Crippen molar-refractivity contribution >= 4 is 11.9 Å². The third-order valence-electron chi connectivity index (χ3n) is 2.68. The number of hydrogen-bond donors (Lipinski definition) is 2. The van der Waals surface area contributed by atoms with Crippen molar-refractivity contribution in [2.24, 2.45) is 0 Å². The van der Waals surface area contributed by atoms with Crippen LogP contribution in [0.15, 0.2) is 24.3 Å². The number of carbonyl (C=O) groups is 2. The van der Waals surface area contributed by atoms with E-state index < -0.39 is 11.9 Å². The van der Waals surface area contributed by atoms with Gasteiger partial charge in [-0.3, -0.25) is 0 Å². The van der Waals surface area contributed by atoms with Crippen molar-refractivity contribution in [2.45, 2.75) is 13.8 Å². The molecule has 0 unspecified atom stereocenters. The van der Waals surface area contributed by atoms with Gasteiger partial charge in [-0.1, -0.05) is 0 Å². The summed E-state index contributed by atoms with van der Waals surface area (Å²) in [6.07, 6.45) is 0. The van der Waals surface area contributed by atoms with Crippen LogP contribution in [-0.2, 0) is 0 Å². The Morgan fingerprint density at radius 2 is 1.15 bits per heavy atom. The number of aromatic carboxylic acids is 2. The standard InChI is InChI=1S/C14H12N2O4/c1-7-3-9(5-11(15-7)13(17)18)10-4-8(2)16-12(6-10)14(19)20/h3-6H,1-2H3,(H,17,18)(H,19,20). The molecule has 102 valence electrons. The second-order valence-electron chi connectivity index (χ2n) is 4.38. The zero-order chi connectivity index (χ0) is 14.9. The van der Waals surface area contributed by atoms with Gasteiger partial charge in [-0.05, 0) is 49.2 Å². The number of nitrogens with zero attached hydrogens (tertiary/aromatic N) is 2. The number of aryl methyl sites for hydroxylation is 2. The molecule has 0 bridgehead atoms. The van der Waals surface area contributed by atoms with Gasteiger partial charge in [0.05, 0.1) is 0 Å². The van der Waals surface area contributed by atoms with Crippen molar-refractivity contribution in [3.05, 3.63) is 47.0 Å². The highest BCUT2D eigenvalue weighted by Crippen LogP contribution is 2.22. The van der Waals surface area contributed by atoms with Crippen LogP contribution in [0.5, 0.6) is 0 Å². The van der Waals surface area contributed by atoms with Gasteiger partial charge in [-0.25, -0.2) is 19.6 Å². The summed E-state index contributed by atoms with van der Waals surface area (Å²) in [5.41, 5.74) is 2.14. The largest absolute Gasteiger partial charge is 0.477 e. The summed E-state index contributed by atoms with van der Waals surface area (Å²) < 4.78 is 0. The van der Waals surface area contributed by atoms with E-state index in [9.17, 15) is 9.59 Å². The van der Waals surface area contributed by atoms with Crippen LogP contribution in [0.4, 0.5) is 0 Å². The Balaban J connectivity index is 2.62. The highest BCUT2D eigenvalue weighted by atomic mass is 16.4. The third kappa shape index (κ3) is 2.80. The zero-order valence-electron chi connectivity index (χ0n) is 10.9. The van der Waals surface area contributed by atoms with E-state index in [4.69, 9.17) is 10.2 Å². The highest BCUT2D eigenvalue weighted by molar-refractivity contribution is 5.89. The lowest BCUT2D eigenvalue weighted by Gasteiger charge is -2.07. The molecule has 2 aromatic rings. The van der Waals surface area contributed by atoms with Crippen LogP contribution in [0.1, 0.15) is 32.4 Å². The molecule has 2 heterocycles. The van der Waals surface area contributed by atoms with Gasteiger partial charge in [0.2, 0.25) is 0 Å². The second kappa shape index (κ2) is 5.08. The van der Waals surface area contributed by atoms with Gasteiger partial charge < -0.3 is 10.2 Å². The second-order valence-corrected chi connectivity index (χ2v) is 4.38. The Morgan fingerprint density at radius 1 is 0.800 bits per heavy atom. The molecule has 0 spiro atoms. The lowest BCUT2D eigenvalue weighted by atomic mass is 10.0. The first kappa shape index (κ1) is 13.7. The van der Waals surface area contributed by atoms with E-state index >= 15 is 0 Å². The maximum absolute atomic E-state index is 11.0. The minimum absolute atomic E-state index is 0.0775. The normalized spacial score (nSPS) is 10.3. The van der Waals surface area contributed by atoms with Crippen LogP contribution in [0, 0.1) is 13.8 Å². The fourth-order valence-corrected chi connectivity index (χ4v) is 1.89. The molecule has 0 aliphatic rings. The van der Waals surface area contributed by atoms with Crippen molar-refractivity contribution in [3.63, 3.8) is 0 Å². The fourth-order valence-electron chi connectivity index (χ4n) is 1.89. The first-order valence-electron chi connectivity index (χ1n) is 5.81. The predicted octanol–water partition coefficient (Wildman–Crippen LogP) is 2.16. The zero-order valence-corrected chi connectivity index (χ0v) is 10.9. The van der Waals surface area contributed by atoms with Gasteiger partial charge in [0, 0.05) is 11.4 Å². The number of carboxylic acids is 2. The van der Waals surface area contributed by atoms with Crippen molar-refractivity contribution in [3.8, 4) is 11.1 Å². The first-order valence-corrected chi connectivity index (χ1v) is 5.81. The van der Waals surface area contributed by atoms with Crippen LogP contribution in [0.2, 0.25) is 0 Å². The first-order chi connectivity index (χ1) is 9.36. The number of rotatable bonds is 3. The minimum Gasteiger partial charge on any atom is -0.477 e. The van der Waals surface area contributed by atoms with Crippen molar-refractivity contribution in [1.82, 2.24) is 9.97 Å². The SMILES string of the molecule is Cc1cc(-c2cc(C)nc(C(=O)O)c2)cc(C(=O)O)n1. The molecule has 2 N–H and O–H groups in total. The summed E-state index contributed by atoms with van der Waals surface area (Å²) >= 11 is 0. The van der Waals surface area contributed by atoms with E-state index in [0.29, 0.717) is 22.5 Å². The summed E-state index contributed by atoms with van der Waals surface area (Å²) in [5, 5.41) is 18.0. The van der Waals surface area contributed by atoms with E-state index in [0.717, 1.165) is 0 Å². The molecule has 0 aromatic carbocycles. The molecule has 20 heavy (non-hydrogen) atoms. The van der Waals surface area contributed by atoms with Crippen molar-refractivity contribution in [1.29, 1.82) is 0 Å². The van der Waals surface area contributed by atoms with Gasteiger partial charge in [0.1, 0.15) is 11.4 Å². The van der Waals surface area contributed by atoms with Crippen LogP contribution in [0.3, 0.4) is 0 Å². The Labute approximate surface area is 114 Å². The topological polar surface area (TPSA) is 100 Å². The molecule has 0 saturated carbocycles. The van der Waals surface area contributed by atoms with Crippen molar-refractivity contribution < 1.29 is 19.8 Å². The van der Waals surface area contributed by atoms with Crippen molar-refractivity contribution in [2.75, 3.05) is 0 Å². The van der Waals surface area contributed by atoms with Crippen LogP contribution in [-0.4, -0.2) is 32.1 Å². The van der Waals surface area contributed by atoms with Gasteiger partial charge in [-0.2, -0.15) is 0 Å². The lowest BCUT2D eigenvalue weighted by molar-refractivity contribution is 0.0679. The van der Waals surface area contributed by atoms with Gasteiger partial charge in [0.25, 0.3) is 0 Å². The number of carboxylic acid groups (broad SMARTS) is 2. The smallest absolute Gasteiger partial charge is 0.354 e. The number of hydrogen-bond acceptors (Lipinski definition) is 4. The number of aromatic nitrogens is 2.